The molecule has 0 aromatic carbocycles. The van der Waals surface area contributed by atoms with Crippen LogP contribution in [0.4, 0.5) is 0 Å². The summed E-state index contributed by atoms with van der Waals surface area (Å²) in [5.74, 6) is 0.139. The lowest BCUT2D eigenvalue weighted by molar-refractivity contribution is -0.129. The molecule has 0 aliphatic rings. The van der Waals surface area contributed by atoms with E-state index in [2.05, 4.69) is 10.3 Å². The first-order valence-electron chi connectivity index (χ1n) is 5.69. The van der Waals surface area contributed by atoms with Gasteiger partial charge >= 0.3 is 0 Å². The highest BCUT2D eigenvalue weighted by molar-refractivity contribution is 5.77. The standard InChI is InChI=1S/C12H21N3O/c1-10(2)14-9-12(16)15(3)8-6-11-5-4-7-13-11/h4-5,7,10,13-14H,6,8-9H2,1-3H3. The lowest BCUT2D eigenvalue weighted by Crippen LogP contribution is -2.38. The van der Waals surface area contributed by atoms with E-state index in [-0.39, 0.29) is 5.91 Å². The van der Waals surface area contributed by atoms with Gasteiger partial charge in [-0.2, -0.15) is 0 Å². The van der Waals surface area contributed by atoms with Crippen LogP contribution in [0.2, 0.25) is 0 Å². The van der Waals surface area contributed by atoms with Gasteiger partial charge in [0, 0.05) is 37.9 Å². The van der Waals surface area contributed by atoms with E-state index in [0.29, 0.717) is 12.6 Å². The maximum atomic E-state index is 11.7. The molecule has 0 aliphatic carbocycles. The number of carbonyl (C=O) groups is 1. The molecule has 0 fully saturated rings. The number of hydrogen-bond acceptors (Lipinski definition) is 2. The molecule has 1 heterocycles. The van der Waals surface area contributed by atoms with Gasteiger partial charge in [-0.25, -0.2) is 0 Å². The second-order valence-corrected chi connectivity index (χ2v) is 4.30. The number of amides is 1. The van der Waals surface area contributed by atoms with Gasteiger partial charge in [-0.05, 0) is 12.1 Å². The highest BCUT2D eigenvalue weighted by Crippen LogP contribution is 1.97. The van der Waals surface area contributed by atoms with Crippen molar-refractivity contribution in [3.05, 3.63) is 24.0 Å². The number of aromatic nitrogens is 1. The van der Waals surface area contributed by atoms with Crippen LogP contribution >= 0.6 is 0 Å². The summed E-state index contributed by atoms with van der Waals surface area (Å²) in [4.78, 5) is 16.5. The molecular weight excluding hydrogens is 202 g/mol. The quantitative estimate of drug-likeness (QED) is 0.756. The van der Waals surface area contributed by atoms with Gasteiger partial charge in [0.25, 0.3) is 0 Å². The Hall–Kier alpha value is -1.29. The fourth-order valence-electron chi connectivity index (χ4n) is 1.36. The molecule has 16 heavy (non-hydrogen) atoms. The Bertz CT molecular complexity index is 306. The van der Waals surface area contributed by atoms with Crippen molar-refractivity contribution >= 4 is 5.91 Å². The molecule has 1 aromatic heterocycles. The second-order valence-electron chi connectivity index (χ2n) is 4.30. The molecule has 0 aliphatic heterocycles. The number of nitrogens with zero attached hydrogens (tertiary/aromatic N) is 1. The summed E-state index contributed by atoms with van der Waals surface area (Å²) in [5.41, 5.74) is 1.16. The number of carbonyl (C=O) groups excluding carboxylic acids is 1. The summed E-state index contributed by atoms with van der Waals surface area (Å²) in [7, 11) is 1.84. The third-order valence-electron chi connectivity index (χ3n) is 2.47. The van der Waals surface area contributed by atoms with Gasteiger partial charge in [0.2, 0.25) is 5.91 Å². The zero-order chi connectivity index (χ0) is 12.0. The smallest absolute Gasteiger partial charge is 0.236 e. The Morgan fingerprint density at radius 2 is 2.31 bits per heavy atom. The van der Waals surface area contributed by atoms with Crippen LogP contribution in [0.25, 0.3) is 0 Å². The summed E-state index contributed by atoms with van der Waals surface area (Å²) in [6, 6.07) is 4.35. The van der Waals surface area contributed by atoms with E-state index in [4.69, 9.17) is 0 Å². The highest BCUT2D eigenvalue weighted by Gasteiger charge is 2.08. The maximum Gasteiger partial charge on any atom is 0.236 e. The van der Waals surface area contributed by atoms with Crippen LogP contribution in [0.5, 0.6) is 0 Å². The number of nitrogens with one attached hydrogen (secondary N) is 2. The largest absolute Gasteiger partial charge is 0.365 e. The van der Waals surface area contributed by atoms with Crippen LogP contribution in [-0.4, -0.2) is 42.0 Å². The van der Waals surface area contributed by atoms with Crippen molar-refractivity contribution in [1.82, 2.24) is 15.2 Å². The van der Waals surface area contributed by atoms with Crippen LogP contribution in [0.15, 0.2) is 18.3 Å². The summed E-state index contributed by atoms with van der Waals surface area (Å²) >= 11 is 0. The Morgan fingerprint density at radius 3 is 2.88 bits per heavy atom. The number of hydrogen-bond donors (Lipinski definition) is 2. The average molecular weight is 223 g/mol. The first-order chi connectivity index (χ1) is 7.59. The van der Waals surface area contributed by atoms with Gasteiger partial charge in [-0.15, -0.1) is 0 Å². The predicted octanol–water partition coefficient (Wildman–Crippen LogP) is 1.01. The third kappa shape index (κ3) is 4.49. The summed E-state index contributed by atoms with van der Waals surface area (Å²) in [5, 5.41) is 3.12. The molecule has 0 bridgehead atoms. The summed E-state index contributed by atoms with van der Waals surface area (Å²) < 4.78 is 0. The fourth-order valence-corrected chi connectivity index (χ4v) is 1.36. The molecule has 4 heteroatoms. The van der Waals surface area contributed by atoms with E-state index in [1.807, 2.05) is 39.2 Å². The molecule has 4 nitrogen and oxygen atoms in total. The van der Waals surface area contributed by atoms with Gasteiger partial charge in [-0.3, -0.25) is 4.79 Å². The van der Waals surface area contributed by atoms with Crippen LogP contribution in [0.3, 0.4) is 0 Å². The van der Waals surface area contributed by atoms with E-state index < -0.39 is 0 Å². The molecule has 0 unspecified atom stereocenters. The van der Waals surface area contributed by atoms with Crippen molar-refractivity contribution in [2.75, 3.05) is 20.1 Å². The van der Waals surface area contributed by atoms with E-state index >= 15 is 0 Å². The molecule has 1 aromatic rings. The van der Waals surface area contributed by atoms with Crippen molar-refractivity contribution in [3.63, 3.8) is 0 Å². The SMILES string of the molecule is CC(C)NCC(=O)N(C)CCc1ccc[nH]1. The lowest BCUT2D eigenvalue weighted by atomic mass is 10.3. The van der Waals surface area contributed by atoms with Crippen molar-refractivity contribution in [1.29, 1.82) is 0 Å². The van der Waals surface area contributed by atoms with E-state index in [1.165, 1.54) is 0 Å². The van der Waals surface area contributed by atoms with Crippen LogP contribution in [-0.2, 0) is 11.2 Å². The zero-order valence-corrected chi connectivity index (χ0v) is 10.3. The Kier molecular flexibility index (Phi) is 5.05. The predicted molar refractivity (Wildman–Crippen MR) is 65.3 cm³/mol. The van der Waals surface area contributed by atoms with Gasteiger partial charge in [-0.1, -0.05) is 13.8 Å². The monoisotopic (exact) mass is 223 g/mol. The molecule has 0 radical (unpaired) electrons. The number of likely N-dealkylation sites (N-methyl/N-ethyl adjacent to an activating group) is 1. The number of aromatic amines is 1. The molecule has 0 saturated heterocycles. The second kappa shape index (κ2) is 6.33. The van der Waals surface area contributed by atoms with Crippen LogP contribution in [0.1, 0.15) is 19.5 Å². The molecular formula is C12H21N3O. The van der Waals surface area contributed by atoms with E-state index in [0.717, 1.165) is 18.7 Å². The molecule has 2 N–H and O–H groups in total. The van der Waals surface area contributed by atoms with Gasteiger partial charge in [0.1, 0.15) is 0 Å². The molecule has 0 atom stereocenters. The summed E-state index contributed by atoms with van der Waals surface area (Å²) in [6.07, 6.45) is 2.77. The summed E-state index contributed by atoms with van der Waals surface area (Å²) in [6.45, 7) is 5.23. The fraction of sp³-hybridized carbons (Fsp3) is 0.583. The van der Waals surface area contributed by atoms with E-state index in [1.54, 1.807) is 4.90 Å². The van der Waals surface area contributed by atoms with Crippen molar-refractivity contribution in [3.8, 4) is 0 Å². The molecule has 1 rings (SSSR count). The zero-order valence-electron chi connectivity index (χ0n) is 10.3. The normalized spacial score (nSPS) is 10.8. The molecule has 90 valence electrons. The molecule has 0 spiro atoms. The van der Waals surface area contributed by atoms with Crippen molar-refractivity contribution in [2.45, 2.75) is 26.3 Å². The first kappa shape index (κ1) is 12.8. The average Bonchev–Trinajstić information content (AvgIpc) is 2.75. The minimum atomic E-state index is 0.139. The van der Waals surface area contributed by atoms with Gasteiger partial charge in [0.15, 0.2) is 0 Å². The maximum absolute atomic E-state index is 11.7. The topological polar surface area (TPSA) is 48.1 Å². The number of rotatable bonds is 6. The van der Waals surface area contributed by atoms with Crippen LogP contribution in [0, 0.1) is 0 Å². The molecule has 1 amide bonds. The minimum absolute atomic E-state index is 0.139. The third-order valence-corrected chi connectivity index (χ3v) is 2.47. The Labute approximate surface area is 97.0 Å². The highest BCUT2D eigenvalue weighted by atomic mass is 16.2. The minimum Gasteiger partial charge on any atom is -0.365 e. The van der Waals surface area contributed by atoms with Crippen LogP contribution < -0.4 is 5.32 Å². The van der Waals surface area contributed by atoms with Crippen molar-refractivity contribution < 1.29 is 4.79 Å². The van der Waals surface area contributed by atoms with Crippen molar-refractivity contribution in [2.24, 2.45) is 0 Å². The Morgan fingerprint density at radius 1 is 1.56 bits per heavy atom. The first-order valence-corrected chi connectivity index (χ1v) is 5.69. The number of H-pyrrole nitrogens is 1. The Balaban J connectivity index is 2.23. The van der Waals surface area contributed by atoms with Gasteiger partial charge < -0.3 is 15.2 Å². The molecule has 0 saturated carbocycles. The lowest BCUT2D eigenvalue weighted by Gasteiger charge is -2.18. The van der Waals surface area contributed by atoms with E-state index in [9.17, 15) is 4.79 Å². The van der Waals surface area contributed by atoms with Gasteiger partial charge in [0.05, 0.1) is 6.54 Å².